The predicted molar refractivity (Wildman–Crippen MR) is 143 cm³/mol. The Labute approximate surface area is 218 Å². The largest absolute Gasteiger partial charge is 0.434 e. The van der Waals surface area contributed by atoms with Crippen LogP contribution in [-0.2, 0) is 20.4 Å². The molecule has 1 aromatic heterocycles. The molecule has 0 aliphatic heterocycles. The lowest BCUT2D eigenvalue weighted by atomic mass is 9.95. The summed E-state index contributed by atoms with van der Waals surface area (Å²) in [6.07, 6.45) is 6.63. The third-order valence-corrected chi connectivity index (χ3v) is 8.29. The molecule has 8 nitrogen and oxygen atoms in total. The number of Topliss-reactive ketones (excluding diaryl/α,β-unsaturated/α-hetero) is 1. The monoisotopic (exact) mass is 525 g/mol. The minimum atomic E-state index is -3.50. The molecule has 1 atom stereocenters. The summed E-state index contributed by atoms with van der Waals surface area (Å²) in [7, 11) is -3.50. The standard InChI is InChI=1S/C28H35N3O5S/c32-25(28-31-23-15-7-8-17-26(23)36-28)16-9-10-18-29-27(33)24(30-22-13-5-2-6-14-22)20-37(34,35)19-21-11-3-1-4-12-21/h1,3-4,7-8,11-12,15,17,22,24,30H,2,5-6,9-10,13-14,16,18-20H2,(H,29,33)/t24-/m0/s1. The highest BCUT2D eigenvalue weighted by Gasteiger charge is 2.28. The lowest BCUT2D eigenvalue weighted by molar-refractivity contribution is -0.122. The Bertz CT molecular complexity index is 1250. The normalized spacial score (nSPS) is 15.5. The second kappa shape index (κ2) is 13.0. The number of sulfone groups is 1. The number of nitrogens with zero attached hydrogens (tertiary/aromatic N) is 1. The second-order valence-corrected chi connectivity index (χ2v) is 11.9. The summed E-state index contributed by atoms with van der Waals surface area (Å²) >= 11 is 0. The number of ketones is 1. The van der Waals surface area contributed by atoms with Crippen LogP contribution in [0.1, 0.15) is 67.6 Å². The number of hydrogen-bond donors (Lipinski definition) is 2. The number of aromatic nitrogens is 1. The Hall–Kier alpha value is -3.04. The van der Waals surface area contributed by atoms with Gasteiger partial charge in [-0.3, -0.25) is 9.59 Å². The summed E-state index contributed by atoms with van der Waals surface area (Å²) in [5.74, 6) is -0.730. The van der Waals surface area contributed by atoms with E-state index in [0.29, 0.717) is 36.0 Å². The lowest BCUT2D eigenvalue weighted by Gasteiger charge is -2.28. The molecule has 0 saturated heterocycles. The minimum Gasteiger partial charge on any atom is -0.434 e. The van der Waals surface area contributed by atoms with Crippen molar-refractivity contribution in [3.05, 3.63) is 66.1 Å². The lowest BCUT2D eigenvalue weighted by Crippen LogP contribution is -2.52. The van der Waals surface area contributed by atoms with Gasteiger partial charge < -0.3 is 15.1 Å². The molecule has 3 aromatic rings. The van der Waals surface area contributed by atoms with E-state index in [4.69, 9.17) is 4.42 Å². The Morgan fingerprint density at radius 1 is 0.973 bits per heavy atom. The van der Waals surface area contributed by atoms with Crippen LogP contribution in [0.5, 0.6) is 0 Å². The first-order chi connectivity index (χ1) is 17.9. The zero-order valence-electron chi connectivity index (χ0n) is 21.0. The van der Waals surface area contributed by atoms with E-state index in [2.05, 4.69) is 15.6 Å². The van der Waals surface area contributed by atoms with E-state index in [1.165, 1.54) is 6.42 Å². The molecule has 2 N–H and O–H groups in total. The fourth-order valence-corrected chi connectivity index (χ4v) is 6.31. The van der Waals surface area contributed by atoms with Crippen LogP contribution in [-0.4, -0.2) is 49.5 Å². The number of rotatable bonds is 13. The van der Waals surface area contributed by atoms with Gasteiger partial charge in [0.2, 0.25) is 11.7 Å². The molecule has 2 aromatic carbocycles. The molecule has 37 heavy (non-hydrogen) atoms. The van der Waals surface area contributed by atoms with E-state index >= 15 is 0 Å². The van der Waals surface area contributed by atoms with Crippen LogP contribution in [0.3, 0.4) is 0 Å². The molecule has 198 valence electrons. The number of carbonyl (C=O) groups is 2. The molecule has 1 amide bonds. The highest BCUT2D eigenvalue weighted by molar-refractivity contribution is 7.90. The van der Waals surface area contributed by atoms with Gasteiger partial charge in [0.05, 0.1) is 11.5 Å². The van der Waals surface area contributed by atoms with Gasteiger partial charge >= 0.3 is 0 Å². The van der Waals surface area contributed by atoms with Gasteiger partial charge in [-0.1, -0.05) is 61.7 Å². The fraction of sp³-hybridized carbons (Fsp3) is 0.464. The molecule has 4 rings (SSSR count). The van der Waals surface area contributed by atoms with Gasteiger partial charge in [-0.2, -0.15) is 0 Å². The summed E-state index contributed by atoms with van der Waals surface area (Å²) in [5.41, 5.74) is 1.94. The Morgan fingerprint density at radius 3 is 2.46 bits per heavy atom. The molecule has 0 unspecified atom stereocenters. The van der Waals surface area contributed by atoms with Crippen molar-refractivity contribution in [2.45, 2.75) is 69.2 Å². The molecular formula is C28H35N3O5S. The van der Waals surface area contributed by atoms with Gasteiger partial charge in [-0.05, 0) is 43.4 Å². The van der Waals surface area contributed by atoms with Crippen molar-refractivity contribution in [1.82, 2.24) is 15.6 Å². The van der Waals surface area contributed by atoms with Crippen LogP contribution in [0.25, 0.3) is 11.1 Å². The highest BCUT2D eigenvalue weighted by Crippen LogP contribution is 2.19. The number of para-hydroxylation sites is 2. The molecule has 0 radical (unpaired) electrons. The molecule has 1 aliphatic carbocycles. The van der Waals surface area contributed by atoms with Crippen LogP contribution in [0.15, 0.2) is 59.0 Å². The van der Waals surface area contributed by atoms with Crippen LogP contribution < -0.4 is 10.6 Å². The van der Waals surface area contributed by atoms with Gasteiger partial charge in [0.25, 0.3) is 5.89 Å². The number of unbranched alkanes of at least 4 members (excludes halogenated alkanes) is 1. The molecule has 1 fully saturated rings. The van der Waals surface area contributed by atoms with Crippen molar-refractivity contribution in [3.8, 4) is 0 Å². The molecular weight excluding hydrogens is 490 g/mol. The summed E-state index contributed by atoms with van der Waals surface area (Å²) in [5, 5.41) is 6.20. The van der Waals surface area contributed by atoms with Crippen LogP contribution in [0, 0.1) is 0 Å². The average molecular weight is 526 g/mol. The van der Waals surface area contributed by atoms with Crippen LogP contribution in [0.4, 0.5) is 0 Å². The summed E-state index contributed by atoms with van der Waals surface area (Å²) < 4.78 is 31.4. The first-order valence-electron chi connectivity index (χ1n) is 13.1. The number of nitrogens with one attached hydrogen (secondary N) is 2. The average Bonchev–Trinajstić information content (AvgIpc) is 3.33. The maximum atomic E-state index is 13.0. The van der Waals surface area contributed by atoms with Gasteiger partial charge in [0, 0.05) is 19.0 Å². The molecule has 9 heteroatoms. The first-order valence-corrected chi connectivity index (χ1v) is 14.9. The summed E-state index contributed by atoms with van der Waals surface area (Å²) in [6.45, 7) is 0.362. The second-order valence-electron chi connectivity index (χ2n) is 9.75. The van der Waals surface area contributed by atoms with Gasteiger partial charge in [0.1, 0.15) is 11.6 Å². The smallest absolute Gasteiger partial charge is 0.264 e. The molecule has 0 spiro atoms. The quantitative estimate of drug-likeness (QED) is 0.254. The predicted octanol–water partition coefficient (Wildman–Crippen LogP) is 4.20. The van der Waals surface area contributed by atoms with Crippen molar-refractivity contribution in [2.24, 2.45) is 0 Å². The first kappa shape index (κ1) is 27.0. The Balaban J connectivity index is 1.27. The number of oxazole rings is 1. The van der Waals surface area contributed by atoms with E-state index in [-0.39, 0.29) is 41.5 Å². The van der Waals surface area contributed by atoms with Crippen molar-refractivity contribution in [1.29, 1.82) is 0 Å². The molecule has 1 heterocycles. The van der Waals surface area contributed by atoms with Crippen LogP contribution >= 0.6 is 0 Å². The maximum absolute atomic E-state index is 13.0. The number of amides is 1. The topological polar surface area (TPSA) is 118 Å². The van der Waals surface area contributed by atoms with Crippen molar-refractivity contribution >= 4 is 32.6 Å². The van der Waals surface area contributed by atoms with Crippen LogP contribution in [0.2, 0.25) is 0 Å². The highest BCUT2D eigenvalue weighted by atomic mass is 32.2. The SMILES string of the molecule is O=C(CCCCNC(=O)[C@H](CS(=O)(=O)Cc1ccccc1)NC1CCCCC1)c1nc2ccccc2o1. The van der Waals surface area contributed by atoms with E-state index in [0.717, 1.165) is 25.7 Å². The van der Waals surface area contributed by atoms with Gasteiger partial charge in [0.15, 0.2) is 15.4 Å². The summed E-state index contributed by atoms with van der Waals surface area (Å²) in [4.78, 5) is 29.7. The number of hydrogen-bond acceptors (Lipinski definition) is 7. The summed E-state index contributed by atoms with van der Waals surface area (Å²) in [6, 6.07) is 15.6. The Kier molecular flexibility index (Phi) is 9.46. The minimum absolute atomic E-state index is 0.0953. The van der Waals surface area contributed by atoms with E-state index < -0.39 is 15.9 Å². The zero-order chi connectivity index (χ0) is 26.1. The van der Waals surface area contributed by atoms with Crippen molar-refractivity contribution in [3.63, 3.8) is 0 Å². The molecule has 1 saturated carbocycles. The fourth-order valence-electron chi connectivity index (χ4n) is 4.74. The third kappa shape index (κ3) is 8.23. The van der Waals surface area contributed by atoms with Crippen molar-refractivity contribution in [2.75, 3.05) is 12.3 Å². The van der Waals surface area contributed by atoms with Crippen molar-refractivity contribution < 1.29 is 22.4 Å². The van der Waals surface area contributed by atoms with E-state index in [1.54, 1.807) is 24.3 Å². The molecule has 0 bridgehead atoms. The zero-order valence-corrected chi connectivity index (χ0v) is 21.8. The molecule has 1 aliphatic rings. The Morgan fingerprint density at radius 2 is 1.70 bits per heavy atom. The van der Waals surface area contributed by atoms with E-state index in [9.17, 15) is 18.0 Å². The van der Waals surface area contributed by atoms with E-state index in [1.807, 2.05) is 30.3 Å². The van der Waals surface area contributed by atoms with Gasteiger partial charge in [-0.25, -0.2) is 13.4 Å². The number of carbonyl (C=O) groups excluding carboxylic acids is 2. The number of fused-ring (bicyclic) bond motifs is 1. The van der Waals surface area contributed by atoms with Gasteiger partial charge in [-0.15, -0.1) is 0 Å². The maximum Gasteiger partial charge on any atom is 0.264 e. The number of benzene rings is 2. The third-order valence-electron chi connectivity index (χ3n) is 6.67.